The Morgan fingerprint density at radius 3 is 2.39 bits per heavy atom. The van der Waals surface area contributed by atoms with E-state index in [9.17, 15) is 4.21 Å². The van der Waals surface area contributed by atoms with Crippen LogP contribution in [0.2, 0.25) is 0 Å². The molecular weight excluding hydrogens is 244 g/mol. The maximum absolute atomic E-state index is 11.8. The van der Waals surface area contributed by atoms with Crippen molar-refractivity contribution in [1.82, 2.24) is 0 Å². The molecule has 3 heteroatoms. The molecule has 18 heavy (non-hydrogen) atoms. The molecule has 0 aliphatic rings. The Labute approximate surface area is 111 Å². The van der Waals surface area contributed by atoms with Crippen LogP contribution in [-0.2, 0) is 21.9 Å². The standard InChI is InChI=1S/C15H18O2S/c1-15(2,3)18(16)17-11-12-8-9-13-6-4-5-7-14(13)10-12/h4-10H,11H2,1-3H3/t18-/m1/s1. The second kappa shape index (κ2) is 5.21. The molecule has 2 aromatic rings. The highest BCUT2D eigenvalue weighted by atomic mass is 32.2. The van der Waals surface area contributed by atoms with Crippen molar-refractivity contribution in [3.63, 3.8) is 0 Å². The smallest absolute Gasteiger partial charge is 0.161 e. The SMILES string of the molecule is CC(C)(C)[S@](=O)OCc1ccc2ccccc2c1. The number of hydrogen-bond acceptors (Lipinski definition) is 2. The van der Waals surface area contributed by atoms with Crippen LogP contribution >= 0.6 is 0 Å². The van der Waals surface area contributed by atoms with Gasteiger partial charge in [0.05, 0.1) is 11.4 Å². The molecule has 0 spiro atoms. The van der Waals surface area contributed by atoms with Crippen LogP contribution in [0.3, 0.4) is 0 Å². The van der Waals surface area contributed by atoms with Crippen LogP contribution in [0.1, 0.15) is 26.3 Å². The highest BCUT2D eigenvalue weighted by Gasteiger charge is 2.20. The normalized spacial score (nSPS) is 13.7. The predicted molar refractivity (Wildman–Crippen MR) is 76.6 cm³/mol. The van der Waals surface area contributed by atoms with E-state index in [4.69, 9.17) is 4.18 Å². The fourth-order valence-corrected chi connectivity index (χ4v) is 2.22. The van der Waals surface area contributed by atoms with Gasteiger partial charge in [0.2, 0.25) is 0 Å². The molecule has 0 N–H and O–H groups in total. The summed E-state index contributed by atoms with van der Waals surface area (Å²) in [5, 5.41) is 2.39. The minimum atomic E-state index is -1.27. The Kier molecular flexibility index (Phi) is 3.83. The fourth-order valence-electron chi connectivity index (χ4n) is 1.63. The summed E-state index contributed by atoms with van der Waals surface area (Å²) in [6.07, 6.45) is 0. The molecule has 96 valence electrons. The van der Waals surface area contributed by atoms with Crippen LogP contribution in [0.25, 0.3) is 10.8 Å². The summed E-state index contributed by atoms with van der Waals surface area (Å²) in [6.45, 7) is 6.10. The van der Waals surface area contributed by atoms with Gasteiger partial charge in [-0.1, -0.05) is 36.4 Å². The maximum Gasteiger partial charge on any atom is 0.161 e. The molecule has 0 aliphatic heterocycles. The molecule has 0 bridgehead atoms. The highest BCUT2D eigenvalue weighted by Crippen LogP contribution is 2.18. The Bertz CT molecular complexity index is 570. The molecule has 0 radical (unpaired) electrons. The first-order valence-electron chi connectivity index (χ1n) is 6.00. The van der Waals surface area contributed by atoms with Crippen LogP contribution in [-0.4, -0.2) is 8.96 Å². The van der Waals surface area contributed by atoms with E-state index in [0.717, 1.165) is 5.56 Å². The first-order chi connectivity index (χ1) is 8.47. The van der Waals surface area contributed by atoms with Crippen LogP contribution in [0.15, 0.2) is 42.5 Å². The van der Waals surface area contributed by atoms with Crippen molar-refractivity contribution in [2.75, 3.05) is 0 Å². The van der Waals surface area contributed by atoms with Crippen LogP contribution < -0.4 is 0 Å². The molecule has 0 fully saturated rings. The lowest BCUT2D eigenvalue weighted by atomic mass is 10.1. The minimum Gasteiger partial charge on any atom is -0.285 e. The molecule has 2 rings (SSSR count). The van der Waals surface area contributed by atoms with Crippen molar-refractivity contribution in [3.8, 4) is 0 Å². The van der Waals surface area contributed by atoms with Crippen LogP contribution in [0, 0.1) is 0 Å². The van der Waals surface area contributed by atoms with Gasteiger partial charge in [-0.15, -0.1) is 0 Å². The number of benzene rings is 2. The van der Waals surface area contributed by atoms with E-state index >= 15 is 0 Å². The molecule has 1 atom stereocenters. The maximum atomic E-state index is 11.8. The van der Waals surface area contributed by atoms with E-state index in [-0.39, 0.29) is 4.75 Å². The van der Waals surface area contributed by atoms with Gasteiger partial charge >= 0.3 is 0 Å². The summed E-state index contributed by atoms with van der Waals surface area (Å²) >= 11 is -1.27. The largest absolute Gasteiger partial charge is 0.285 e. The van der Waals surface area contributed by atoms with Crippen molar-refractivity contribution in [2.24, 2.45) is 0 Å². The summed E-state index contributed by atoms with van der Waals surface area (Å²) in [6, 6.07) is 14.3. The molecule has 0 unspecified atom stereocenters. The van der Waals surface area contributed by atoms with Gasteiger partial charge in [0.25, 0.3) is 0 Å². The summed E-state index contributed by atoms with van der Waals surface area (Å²) in [4.78, 5) is 0. The Hall–Kier alpha value is -1.19. The number of fused-ring (bicyclic) bond motifs is 1. The van der Waals surface area contributed by atoms with Gasteiger partial charge in [0, 0.05) is 0 Å². The number of hydrogen-bond donors (Lipinski definition) is 0. The first kappa shape index (κ1) is 13.2. The zero-order valence-corrected chi connectivity index (χ0v) is 11.8. The molecule has 2 aromatic carbocycles. The van der Waals surface area contributed by atoms with Crippen molar-refractivity contribution in [1.29, 1.82) is 0 Å². The Morgan fingerprint density at radius 2 is 1.72 bits per heavy atom. The van der Waals surface area contributed by atoms with Gasteiger partial charge in [0.1, 0.15) is 0 Å². The summed E-state index contributed by atoms with van der Waals surface area (Å²) in [5.74, 6) is 0. The lowest BCUT2D eigenvalue weighted by Crippen LogP contribution is -2.23. The second-order valence-electron chi connectivity index (χ2n) is 5.29. The molecule has 2 nitrogen and oxygen atoms in total. The van der Waals surface area contributed by atoms with Crippen LogP contribution in [0.4, 0.5) is 0 Å². The Morgan fingerprint density at radius 1 is 1.06 bits per heavy atom. The molecular formula is C15H18O2S. The summed E-state index contributed by atoms with van der Waals surface area (Å²) in [5.41, 5.74) is 1.05. The van der Waals surface area contributed by atoms with Gasteiger partial charge in [-0.05, 0) is 43.2 Å². The van der Waals surface area contributed by atoms with Gasteiger partial charge in [0.15, 0.2) is 11.1 Å². The van der Waals surface area contributed by atoms with Crippen molar-refractivity contribution < 1.29 is 8.39 Å². The topological polar surface area (TPSA) is 26.3 Å². The molecule has 0 aromatic heterocycles. The molecule has 0 saturated heterocycles. The lowest BCUT2D eigenvalue weighted by Gasteiger charge is -2.16. The zero-order chi connectivity index (χ0) is 13.2. The van der Waals surface area contributed by atoms with Gasteiger partial charge in [-0.25, -0.2) is 4.21 Å². The third-order valence-corrected chi connectivity index (χ3v) is 3.98. The quantitative estimate of drug-likeness (QED) is 0.840. The third kappa shape index (κ3) is 3.18. The van der Waals surface area contributed by atoms with Crippen molar-refractivity contribution in [3.05, 3.63) is 48.0 Å². The number of rotatable bonds is 3. The van der Waals surface area contributed by atoms with Gasteiger partial charge in [-0.2, -0.15) is 0 Å². The average molecular weight is 262 g/mol. The third-order valence-electron chi connectivity index (χ3n) is 2.65. The van der Waals surface area contributed by atoms with Gasteiger partial charge in [-0.3, -0.25) is 4.18 Å². The van der Waals surface area contributed by atoms with E-state index in [1.165, 1.54) is 10.8 Å². The summed E-state index contributed by atoms with van der Waals surface area (Å²) < 4.78 is 16.9. The van der Waals surface area contributed by atoms with Crippen LogP contribution in [0.5, 0.6) is 0 Å². The average Bonchev–Trinajstić information content (AvgIpc) is 2.34. The predicted octanol–water partition coefficient (Wildman–Crippen LogP) is 3.82. The Balaban J connectivity index is 2.11. The van der Waals surface area contributed by atoms with E-state index in [0.29, 0.717) is 6.61 Å². The monoisotopic (exact) mass is 262 g/mol. The lowest BCUT2D eigenvalue weighted by molar-refractivity contribution is 0.326. The van der Waals surface area contributed by atoms with E-state index in [2.05, 4.69) is 24.3 Å². The summed E-state index contributed by atoms with van der Waals surface area (Å²) in [7, 11) is 0. The van der Waals surface area contributed by atoms with E-state index in [1.54, 1.807) is 0 Å². The first-order valence-corrected chi connectivity index (χ1v) is 7.07. The van der Waals surface area contributed by atoms with E-state index in [1.807, 2.05) is 39.0 Å². The van der Waals surface area contributed by atoms with Crippen molar-refractivity contribution >= 4 is 21.9 Å². The minimum absolute atomic E-state index is 0.336. The molecule has 0 saturated carbocycles. The van der Waals surface area contributed by atoms with Gasteiger partial charge < -0.3 is 0 Å². The highest BCUT2D eigenvalue weighted by molar-refractivity contribution is 7.81. The molecule has 0 amide bonds. The fraction of sp³-hybridized carbons (Fsp3) is 0.333. The van der Waals surface area contributed by atoms with Crippen molar-refractivity contribution in [2.45, 2.75) is 32.1 Å². The molecule has 0 heterocycles. The second-order valence-corrected chi connectivity index (χ2v) is 7.22. The zero-order valence-electron chi connectivity index (χ0n) is 11.0. The molecule has 0 aliphatic carbocycles. The van der Waals surface area contributed by atoms with E-state index < -0.39 is 11.1 Å².